The molecule has 5 atom stereocenters. The molecule has 10 heteroatoms. The third-order valence-electron chi connectivity index (χ3n) is 9.06. The lowest BCUT2D eigenvalue weighted by Gasteiger charge is -2.33. The fraction of sp³-hybridized carbons (Fsp3) is 0.531. The number of amides is 3. The second-order valence-electron chi connectivity index (χ2n) is 11.5. The van der Waals surface area contributed by atoms with Crippen LogP contribution in [0.25, 0.3) is 0 Å². The van der Waals surface area contributed by atoms with Gasteiger partial charge in [0.1, 0.15) is 17.4 Å². The number of carbonyl (C=O) groups is 3. The van der Waals surface area contributed by atoms with Crippen LogP contribution < -0.4 is 20.3 Å². The number of anilines is 3. The summed E-state index contributed by atoms with van der Waals surface area (Å²) in [5, 5.41) is 15.5. The first-order valence-electron chi connectivity index (χ1n) is 15.0. The summed E-state index contributed by atoms with van der Waals surface area (Å²) >= 11 is 0. The molecule has 3 saturated heterocycles. The van der Waals surface area contributed by atoms with Crippen molar-refractivity contribution in [3.8, 4) is 5.75 Å². The molecule has 0 aliphatic carbocycles. The second-order valence-corrected chi connectivity index (χ2v) is 11.5. The zero-order valence-corrected chi connectivity index (χ0v) is 24.9. The van der Waals surface area contributed by atoms with Crippen LogP contribution in [0.2, 0.25) is 0 Å². The summed E-state index contributed by atoms with van der Waals surface area (Å²) in [6, 6.07) is 13.8. The standard InChI is InChI=1S/C32H42N4O6/c1-5-35(6-2)23-13-9-21(10-14-23)34-29(39)27-32-18-17-31(4,42-32)25(26(32)30(40)36(27)19-8-20-37)28(38)33-22-11-15-24(16-12-22)41-7-3/h9-16,25-27,37H,5-8,17-20H2,1-4H3,(H,33,38)(H,34,39)/t25-,26-,27?,31+,32?/m0/s1. The van der Waals surface area contributed by atoms with E-state index in [4.69, 9.17) is 9.47 Å². The molecular formula is C32H42N4O6. The molecule has 1 spiro atoms. The van der Waals surface area contributed by atoms with Crippen LogP contribution in [0.3, 0.4) is 0 Å². The van der Waals surface area contributed by atoms with Crippen LogP contribution in [-0.2, 0) is 19.1 Å². The molecule has 0 aromatic heterocycles. The van der Waals surface area contributed by atoms with E-state index in [0.29, 0.717) is 43.0 Å². The molecule has 2 aromatic carbocycles. The van der Waals surface area contributed by atoms with Gasteiger partial charge in [-0.15, -0.1) is 0 Å². The van der Waals surface area contributed by atoms with Gasteiger partial charge in [-0.1, -0.05) is 0 Å². The largest absolute Gasteiger partial charge is 0.494 e. The van der Waals surface area contributed by atoms with E-state index in [1.807, 2.05) is 38.1 Å². The molecular weight excluding hydrogens is 536 g/mol. The van der Waals surface area contributed by atoms with E-state index in [-0.39, 0.29) is 30.9 Å². The highest BCUT2D eigenvalue weighted by atomic mass is 16.5. The lowest BCUT2D eigenvalue weighted by atomic mass is 9.66. The van der Waals surface area contributed by atoms with Crippen molar-refractivity contribution in [2.75, 3.05) is 48.4 Å². The fourth-order valence-corrected chi connectivity index (χ4v) is 7.18. The van der Waals surface area contributed by atoms with E-state index >= 15 is 0 Å². The Bertz CT molecular complexity index is 1300. The SMILES string of the molecule is CCOc1ccc(NC(=O)[C@@H]2[C@H]3C(=O)N(CCCO)C(C(=O)Nc4ccc(N(CC)CC)cc4)C34CC[C@@]2(C)O4)cc1. The lowest BCUT2D eigenvalue weighted by Crippen LogP contribution is -2.53. The monoisotopic (exact) mass is 578 g/mol. The predicted octanol–water partition coefficient (Wildman–Crippen LogP) is 3.66. The predicted molar refractivity (Wildman–Crippen MR) is 161 cm³/mol. The van der Waals surface area contributed by atoms with Crippen molar-refractivity contribution >= 4 is 34.8 Å². The molecule has 10 nitrogen and oxygen atoms in total. The molecule has 2 unspecified atom stereocenters. The molecule has 3 N–H and O–H groups in total. The molecule has 3 heterocycles. The Balaban J connectivity index is 1.41. The van der Waals surface area contributed by atoms with Gasteiger partial charge in [0.15, 0.2) is 0 Å². The van der Waals surface area contributed by atoms with E-state index in [2.05, 4.69) is 29.4 Å². The second kappa shape index (κ2) is 11.9. The quantitative estimate of drug-likeness (QED) is 0.352. The summed E-state index contributed by atoms with van der Waals surface area (Å²) in [7, 11) is 0. The number of hydrogen-bond acceptors (Lipinski definition) is 7. The Morgan fingerprint density at radius 2 is 1.62 bits per heavy atom. The number of aliphatic hydroxyl groups is 1. The highest BCUT2D eigenvalue weighted by Crippen LogP contribution is 2.63. The van der Waals surface area contributed by atoms with Gasteiger partial charge < -0.3 is 35.0 Å². The van der Waals surface area contributed by atoms with Crippen molar-refractivity contribution in [1.29, 1.82) is 0 Å². The average Bonchev–Trinajstić information content (AvgIpc) is 3.55. The smallest absolute Gasteiger partial charge is 0.250 e. The van der Waals surface area contributed by atoms with Crippen LogP contribution in [0.15, 0.2) is 48.5 Å². The summed E-state index contributed by atoms with van der Waals surface area (Å²) < 4.78 is 12.2. The molecule has 5 rings (SSSR count). The maximum absolute atomic E-state index is 14.0. The molecule has 3 aliphatic rings. The number of ether oxygens (including phenoxy) is 2. The summed E-state index contributed by atoms with van der Waals surface area (Å²) in [5.41, 5.74) is 0.253. The van der Waals surface area contributed by atoms with E-state index in [0.717, 1.165) is 18.8 Å². The van der Waals surface area contributed by atoms with Gasteiger partial charge in [0.25, 0.3) is 0 Å². The van der Waals surface area contributed by atoms with Gasteiger partial charge >= 0.3 is 0 Å². The van der Waals surface area contributed by atoms with Crippen LogP contribution in [0.4, 0.5) is 17.1 Å². The zero-order valence-electron chi connectivity index (χ0n) is 24.9. The minimum Gasteiger partial charge on any atom is -0.494 e. The van der Waals surface area contributed by atoms with Gasteiger partial charge in [-0.25, -0.2) is 0 Å². The summed E-state index contributed by atoms with van der Waals surface area (Å²) in [4.78, 5) is 45.5. The Labute approximate surface area is 247 Å². The van der Waals surface area contributed by atoms with E-state index in [1.54, 1.807) is 24.3 Å². The van der Waals surface area contributed by atoms with Crippen LogP contribution in [-0.4, -0.2) is 77.8 Å². The third-order valence-corrected chi connectivity index (χ3v) is 9.06. The fourth-order valence-electron chi connectivity index (χ4n) is 7.18. The highest BCUT2D eigenvalue weighted by molar-refractivity contribution is 6.05. The molecule has 2 aromatic rings. The first-order valence-corrected chi connectivity index (χ1v) is 15.0. The van der Waals surface area contributed by atoms with Crippen molar-refractivity contribution in [2.45, 2.75) is 64.2 Å². The normalized spacial score (nSPS) is 27.6. The Kier molecular flexibility index (Phi) is 8.48. The van der Waals surface area contributed by atoms with Crippen LogP contribution >= 0.6 is 0 Å². The van der Waals surface area contributed by atoms with Crippen LogP contribution in [0.5, 0.6) is 5.75 Å². The minimum absolute atomic E-state index is 0.122. The van der Waals surface area contributed by atoms with Gasteiger partial charge in [0.05, 0.1) is 24.0 Å². The number of benzene rings is 2. The molecule has 226 valence electrons. The first-order chi connectivity index (χ1) is 20.2. The average molecular weight is 579 g/mol. The third kappa shape index (κ3) is 5.11. The van der Waals surface area contributed by atoms with Gasteiger partial charge in [-0.3, -0.25) is 14.4 Å². The Morgan fingerprint density at radius 3 is 2.21 bits per heavy atom. The minimum atomic E-state index is -1.13. The number of nitrogens with zero attached hydrogens (tertiary/aromatic N) is 2. The molecule has 0 saturated carbocycles. The van der Waals surface area contributed by atoms with Crippen molar-refractivity contribution in [1.82, 2.24) is 4.90 Å². The molecule has 42 heavy (non-hydrogen) atoms. The number of fused-ring (bicyclic) bond motifs is 1. The molecule has 3 aliphatic heterocycles. The zero-order chi connectivity index (χ0) is 30.1. The Morgan fingerprint density at radius 1 is 1.00 bits per heavy atom. The van der Waals surface area contributed by atoms with Gasteiger partial charge in [0, 0.05) is 43.3 Å². The van der Waals surface area contributed by atoms with Gasteiger partial charge in [-0.05, 0) is 95.5 Å². The van der Waals surface area contributed by atoms with Crippen molar-refractivity contribution in [3.05, 3.63) is 48.5 Å². The molecule has 2 bridgehead atoms. The summed E-state index contributed by atoms with van der Waals surface area (Å²) in [6.45, 7) is 10.3. The van der Waals surface area contributed by atoms with Gasteiger partial charge in [0.2, 0.25) is 17.7 Å². The lowest BCUT2D eigenvalue weighted by molar-refractivity contribution is -0.143. The number of nitrogens with one attached hydrogen (secondary N) is 2. The molecule has 3 amide bonds. The number of aliphatic hydroxyl groups excluding tert-OH is 1. The van der Waals surface area contributed by atoms with E-state index < -0.39 is 29.1 Å². The van der Waals surface area contributed by atoms with Crippen molar-refractivity contribution in [2.24, 2.45) is 11.8 Å². The van der Waals surface area contributed by atoms with Crippen molar-refractivity contribution in [3.63, 3.8) is 0 Å². The van der Waals surface area contributed by atoms with Crippen LogP contribution in [0, 0.1) is 11.8 Å². The number of likely N-dealkylation sites (tertiary alicyclic amines) is 1. The highest BCUT2D eigenvalue weighted by Gasteiger charge is 2.77. The number of rotatable bonds is 12. The van der Waals surface area contributed by atoms with E-state index in [9.17, 15) is 19.5 Å². The summed E-state index contributed by atoms with van der Waals surface area (Å²) in [5.74, 6) is -1.82. The molecule has 3 fully saturated rings. The first kappa shape index (κ1) is 29.8. The Hall–Kier alpha value is -3.63. The number of carbonyl (C=O) groups excluding carboxylic acids is 3. The number of hydrogen-bond donors (Lipinski definition) is 3. The van der Waals surface area contributed by atoms with Gasteiger partial charge in [-0.2, -0.15) is 0 Å². The molecule has 0 radical (unpaired) electrons. The van der Waals surface area contributed by atoms with Crippen molar-refractivity contribution < 1.29 is 29.0 Å². The topological polar surface area (TPSA) is 120 Å². The maximum Gasteiger partial charge on any atom is 0.250 e. The summed E-state index contributed by atoms with van der Waals surface area (Å²) in [6.07, 6.45) is 1.35. The van der Waals surface area contributed by atoms with E-state index in [1.165, 1.54) is 4.90 Å². The maximum atomic E-state index is 14.0. The van der Waals surface area contributed by atoms with Crippen LogP contribution in [0.1, 0.15) is 47.0 Å².